The number of benzene rings is 1. The fourth-order valence-corrected chi connectivity index (χ4v) is 3.01. The van der Waals surface area contributed by atoms with Gasteiger partial charge < -0.3 is 10.0 Å². The van der Waals surface area contributed by atoms with Crippen LogP contribution in [0, 0.1) is 5.92 Å². The third-order valence-corrected chi connectivity index (χ3v) is 4.52. The number of likely N-dealkylation sites (tertiary alicyclic amines) is 1. The lowest BCUT2D eigenvalue weighted by atomic mass is 10.0. The lowest BCUT2D eigenvalue weighted by Crippen LogP contribution is -2.41. The first-order valence-electron chi connectivity index (χ1n) is 7.87. The van der Waals surface area contributed by atoms with Gasteiger partial charge in [0, 0.05) is 18.2 Å². The molecule has 1 aromatic heterocycles. The van der Waals surface area contributed by atoms with Gasteiger partial charge in [-0.2, -0.15) is 4.80 Å². The molecule has 0 bridgehead atoms. The van der Waals surface area contributed by atoms with Crippen molar-refractivity contribution in [3.63, 3.8) is 0 Å². The average molecular weight is 329 g/mol. The van der Waals surface area contributed by atoms with Gasteiger partial charge in [-0.15, -0.1) is 10.2 Å². The molecule has 3 unspecified atom stereocenters. The van der Waals surface area contributed by atoms with Gasteiger partial charge in [0.2, 0.25) is 11.7 Å². The topological polar surface area (TPSA) is 101 Å². The maximum atomic E-state index is 12.7. The van der Waals surface area contributed by atoms with E-state index in [4.69, 9.17) is 0 Å². The van der Waals surface area contributed by atoms with Gasteiger partial charge >= 0.3 is 5.97 Å². The van der Waals surface area contributed by atoms with Crippen molar-refractivity contribution in [3.05, 3.63) is 30.3 Å². The summed E-state index contributed by atoms with van der Waals surface area (Å²) in [6, 6.07) is 8.42. The minimum absolute atomic E-state index is 0.191. The minimum atomic E-state index is -0.865. The van der Waals surface area contributed by atoms with Crippen molar-refractivity contribution in [1.82, 2.24) is 25.1 Å². The number of carbonyl (C=O) groups is 2. The van der Waals surface area contributed by atoms with Crippen molar-refractivity contribution in [1.29, 1.82) is 0 Å². The molecule has 8 nitrogen and oxygen atoms in total. The lowest BCUT2D eigenvalue weighted by Gasteiger charge is -2.25. The second-order valence-electron chi connectivity index (χ2n) is 5.98. The van der Waals surface area contributed by atoms with Crippen LogP contribution >= 0.6 is 0 Å². The Hall–Kier alpha value is -2.77. The van der Waals surface area contributed by atoms with Gasteiger partial charge in [0.1, 0.15) is 6.04 Å². The van der Waals surface area contributed by atoms with E-state index in [0.29, 0.717) is 18.8 Å². The predicted octanol–water partition coefficient (Wildman–Crippen LogP) is 1.22. The Labute approximate surface area is 139 Å². The van der Waals surface area contributed by atoms with Gasteiger partial charge in [0.15, 0.2) is 0 Å². The van der Waals surface area contributed by atoms with Gasteiger partial charge in [-0.3, -0.25) is 9.59 Å². The molecule has 1 N–H and O–H groups in total. The van der Waals surface area contributed by atoms with E-state index in [9.17, 15) is 14.7 Å². The standard InChI is InChI=1S/C16H19N5O3/c1-10-13(16(23)24)8-9-20(10)15(22)11(2)21-18-14(17-19-21)12-6-4-3-5-7-12/h3-7,10-11,13H,8-9H2,1-2H3,(H,23,24). The summed E-state index contributed by atoms with van der Waals surface area (Å²) < 4.78 is 0. The highest BCUT2D eigenvalue weighted by Crippen LogP contribution is 2.26. The van der Waals surface area contributed by atoms with Crippen LogP contribution in [0.25, 0.3) is 11.4 Å². The zero-order chi connectivity index (χ0) is 17.3. The summed E-state index contributed by atoms with van der Waals surface area (Å²) in [5, 5.41) is 21.4. The Balaban J connectivity index is 1.75. The van der Waals surface area contributed by atoms with Crippen LogP contribution in [0.2, 0.25) is 0 Å². The number of rotatable bonds is 4. The summed E-state index contributed by atoms with van der Waals surface area (Å²) in [6.45, 7) is 3.89. The average Bonchev–Trinajstić information content (AvgIpc) is 3.21. The Morgan fingerprint density at radius 3 is 2.62 bits per heavy atom. The Kier molecular flexibility index (Phi) is 4.28. The minimum Gasteiger partial charge on any atom is -0.481 e. The highest BCUT2D eigenvalue weighted by atomic mass is 16.4. The van der Waals surface area contributed by atoms with E-state index in [2.05, 4.69) is 15.4 Å². The van der Waals surface area contributed by atoms with Crippen molar-refractivity contribution in [3.8, 4) is 11.4 Å². The fraction of sp³-hybridized carbons (Fsp3) is 0.438. The number of carbonyl (C=O) groups excluding carboxylic acids is 1. The zero-order valence-corrected chi connectivity index (χ0v) is 13.5. The second kappa shape index (κ2) is 6.38. The molecule has 2 heterocycles. The number of hydrogen-bond acceptors (Lipinski definition) is 5. The van der Waals surface area contributed by atoms with Gasteiger partial charge in [-0.05, 0) is 25.5 Å². The summed E-state index contributed by atoms with van der Waals surface area (Å²) in [5.41, 5.74) is 0.823. The van der Waals surface area contributed by atoms with E-state index < -0.39 is 17.9 Å². The Bertz CT molecular complexity index is 745. The molecule has 2 aromatic rings. The van der Waals surface area contributed by atoms with Crippen LogP contribution in [0.1, 0.15) is 26.3 Å². The summed E-state index contributed by atoms with van der Waals surface area (Å²) >= 11 is 0. The lowest BCUT2D eigenvalue weighted by molar-refractivity contribution is -0.143. The van der Waals surface area contributed by atoms with E-state index >= 15 is 0 Å². The van der Waals surface area contributed by atoms with E-state index in [1.807, 2.05) is 30.3 Å². The third-order valence-electron chi connectivity index (χ3n) is 4.52. The second-order valence-corrected chi connectivity index (χ2v) is 5.98. The van der Waals surface area contributed by atoms with Crippen molar-refractivity contribution in [2.24, 2.45) is 5.92 Å². The first kappa shape index (κ1) is 16.1. The molecule has 1 aromatic carbocycles. The fourth-order valence-electron chi connectivity index (χ4n) is 3.01. The van der Waals surface area contributed by atoms with Crippen LogP contribution in [-0.4, -0.2) is 54.7 Å². The number of nitrogens with zero attached hydrogens (tertiary/aromatic N) is 5. The molecule has 0 saturated carbocycles. The number of carboxylic acid groups (broad SMARTS) is 1. The Morgan fingerprint density at radius 2 is 2.00 bits per heavy atom. The van der Waals surface area contributed by atoms with Crippen LogP contribution in [0.3, 0.4) is 0 Å². The van der Waals surface area contributed by atoms with E-state index in [0.717, 1.165) is 5.56 Å². The third kappa shape index (κ3) is 2.86. The zero-order valence-electron chi connectivity index (χ0n) is 13.5. The molecule has 126 valence electrons. The molecule has 1 saturated heterocycles. The van der Waals surface area contributed by atoms with Crippen molar-refractivity contribution >= 4 is 11.9 Å². The number of tetrazole rings is 1. The molecule has 3 rings (SSSR count). The molecule has 0 aliphatic carbocycles. The van der Waals surface area contributed by atoms with Crippen LogP contribution in [0.5, 0.6) is 0 Å². The summed E-state index contributed by atoms with van der Waals surface area (Å²) in [4.78, 5) is 26.8. The molecule has 1 aliphatic heterocycles. The molecule has 1 fully saturated rings. The molecule has 8 heteroatoms. The molecule has 24 heavy (non-hydrogen) atoms. The van der Waals surface area contributed by atoms with E-state index in [1.54, 1.807) is 18.7 Å². The highest BCUT2D eigenvalue weighted by molar-refractivity contribution is 5.82. The number of hydrogen-bond donors (Lipinski definition) is 1. The van der Waals surface area contributed by atoms with Gasteiger partial charge in [-0.25, -0.2) is 0 Å². The normalized spacial score (nSPS) is 21.7. The monoisotopic (exact) mass is 329 g/mol. The summed E-state index contributed by atoms with van der Waals surface area (Å²) in [7, 11) is 0. The van der Waals surface area contributed by atoms with Crippen LogP contribution in [0.15, 0.2) is 30.3 Å². The van der Waals surface area contributed by atoms with Crippen molar-refractivity contribution in [2.75, 3.05) is 6.54 Å². The first-order valence-corrected chi connectivity index (χ1v) is 7.87. The molecule has 1 amide bonds. The molecule has 1 aliphatic rings. The largest absolute Gasteiger partial charge is 0.481 e. The van der Waals surface area contributed by atoms with Gasteiger partial charge in [0.05, 0.1) is 5.92 Å². The molecular weight excluding hydrogens is 310 g/mol. The number of aliphatic carboxylic acids is 1. The number of amides is 1. The van der Waals surface area contributed by atoms with Gasteiger partial charge in [-0.1, -0.05) is 30.3 Å². The predicted molar refractivity (Wildman–Crippen MR) is 84.9 cm³/mol. The maximum absolute atomic E-state index is 12.7. The summed E-state index contributed by atoms with van der Waals surface area (Å²) in [5.74, 6) is -1.13. The van der Waals surface area contributed by atoms with Crippen LogP contribution < -0.4 is 0 Å². The molecule has 0 radical (unpaired) electrons. The van der Waals surface area contributed by atoms with E-state index in [1.165, 1.54) is 4.80 Å². The van der Waals surface area contributed by atoms with Crippen LogP contribution in [0.4, 0.5) is 0 Å². The van der Waals surface area contributed by atoms with Crippen molar-refractivity contribution < 1.29 is 14.7 Å². The first-order chi connectivity index (χ1) is 11.5. The highest BCUT2D eigenvalue weighted by Gasteiger charge is 2.40. The SMILES string of the molecule is CC1C(C(=O)O)CCN1C(=O)C(C)n1nnc(-c2ccccc2)n1. The smallest absolute Gasteiger partial charge is 0.308 e. The maximum Gasteiger partial charge on any atom is 0.308 e. The molecule has 0 spiro atoms. The molecular formula is C16H19N5O3. The van der Waals surface area contributed by atoms with Crippen molar-refractivity contribution in [2.45, 2.75) is 32.4 Å². The number of carboxylic acids is 1. The van der Waals surface area contributed by atoms with Crippen LogP contribution in [-0.2, 0) is 9.59 Å². The van der Waals surface area contributed by atoms with Gasteiger partial charge in [0.25, 0.3) is 0 Å². The Morgan fingerprint density at radius 1 is 1.29 bits per heavy atom. The van der Waals surface area contributed by atoms with E-state index in [-0.39, 0.29) is 11.9 Å². The quantitative estimate of drug-likeness (QED) is 0.905. The summed E-state index contributed by atoms with van der Waals surface area (Å²) in [6.07, 6.45) is 0.467. The molecule has 3 atom stereocenters. The number of aromatic nitrogens is 4.